The molecule has 1 unspecified atom stereocenters. The van der Waals surface area contributed by atoms with Crippen molar-refractivity contribution in [2.75, 3.05) is 0 Å². The van der Waals surface area contributed by atoms with Crippen LogP contribution in [0.2, 0.25) is 0 Å². The maximum absolute atomic E-state index is 10.2. The third-order valence-electron chi connectivity index (χ3n) is 1.74. The molecule has 1 aromatic carbocycles. The molecule has 1 aromatic rings. The van der Waals surface area contributed by atoms with Gasteiger partial charge >= 0.3 is 6.16 Å². The quantitative estimate of drug-likeness (QED) is 0.700. The average Bonchev–Trinajstić information content (AvgIpc) is 2.48. The van der Waals surface area contributed by atoms with Crippen LogP contribution >= 0.6 is 11.2 Å². The lowest BCUT2D eigenvalue weighted by Crippen LogP contribution is -1.93. The molecule has 1 heterocycles. The molecule has 0 fully saturated rings. The molecular formula is C9H7O3S. The highest BCUT2D eigenvalue weighted by Crippen LogP contribution is 2.46. The van der Waals surface area contributed by atoms with E-state index in [1.165, 1.54) is 0 Å². The minimum atomic E-state index is -1.47. The van der Waals surface area contributed by atoms with Gasteiger partial charge in [-0.25, -0.2) is 0 Å². The summed E-state index contributed by atoms with van der Waals surface area (Å²) in [5.74, 6) is 0. The molecule has 1 aliphatic heterocycles. The van der Waals surface area contributed by atoms with E-state index in [2.05, 4.69) is 4.18 Å². The van der Waals surface area contributed by atoms with Crippen molar-refractivity contribution in [2.45, 2.75) is 4.90 Å². The SMILES string of the molecule is [O]C(=O)O[SH]1C=Cc2ccccc21. The first-order chi connectivity index (χ1) is 6.27. The Morgan fingerprint density at radius 1 is 1.31 bits per heavy atom. The van der Waals surface area contributed by atoms with Gasteiger partial charge in [-0.3, -0.25) is 0 Å². The minimum absolute atomic E-state index is 0.932. The summed E-state index contributed by atoms with van der Waals surface area (Å²) in [5.41, 5.74) is 1.02. The molecule has 1 radical (unpaired) electrons. The highest BCUT2D eigenvalue weighted by Gasteiger charge is 2.17. The van der Waals surface area contributed by atoms with Gasteiger partial charge in [-0.1, -0.05) is 18.2 Å². The average molecular weight is 195 g/mol. The summed E-state index contributed by atoms with van der Waals surface area (Å²) >= 11 is -1.14. The second-order valence-corrected chi connectivity index (χ2v) is 4.16. The van der Waals surface area contributed by atoms with E-state index < -0.39 is 17.3 Å². The van der Waals surface area contributed by atoms with E-state index in [4.69, 9.17) is 0 Å². The van der Waals surface area contributed by atoms with E-state index in [1.54, 1.807) is 5.41 Å². The van der Waals surface area contributed by atoms with Crippen LogP contribution in [0.3, 0.4) is 0 Å². The van der Waals surface area contributed by atoms with E-state index in [0.717, 1.165) is 10.5 Å². The fraction of sp³-hybridized carbons (Fsp3) is 0. The Bertz CT molecular complexity index is 373. The van der Waals surface area contributed by atoms with E-state index in [-0.39, 0.29) is 0 Å². The van der Waals surface area contributed by atoms with Gasteiger partial charge < -0.3 is 4.18 Å². The zero-order valence-electron chi connectivity index (χ0n) is 6.64. The summed E-state index contributed by atoms with van der Waals surface area (Å²) < 4.78 is 4.62. The van der Waals surface area contributed by atoms with Crippen LogP contribution in [-0.4, -0.2) is 6.16 Å². The molecule has 0 spiro atoms. The van der Waals surface area contributed by atoms with Crippen LogP contribution in [0, 0.1) is 0 Å². The number of thiol groups is 1. The summed E-state index contributed by atoms with van der Waals surface area (Å²) in [5, 5.41) is 12.0. The molecule has 4 heteroatoms. The van der Waals surface area contributed by atoms with Gasteiger partial charge in [0.15, 0.2) is 0 Å². The van der Waals surface area contributed by atoms with E-state index in [0.29, 0.717) is 0 Å². The molecule has 67 valence electrons. The Hall–Kier alpha value is -1.42. The van der Waals surface area contributed by atoms with Crippen LogP contribution in [0.5, 0.6) is 0 Å². The van der Waals surface area contributed by atoms with Gasteiger partial charge in [0.1, 0.15) is 0 Å². The zero-order valence-corrected chi connectivity index (χ0v) is 7.53. The van der Waals surface area contributed by atoms with Crippen molar-refractivity contribution in [3.63, 3.8) is 0 Å². The molecule has 0 N–H and O–H groups in total. The second-order valence-electron chi connectivity index (χ2n) is 2.54. The van der Waals surface area contributed by atoms with Crippen LogP contribution in [0.25, 0.3) is 6.08 Å². The summed E-state index contributed by atoms with van der Waals surface area (Å²) in [6.07, 6.45) is 0.400. The monoisotopic (exact) mass is 195 g/mol. The summed E-state index contributed by atoms with van der Waals surface area (Å²) in [4.78, 5) is 11.1. The highest BCUT2D eigenvalue weighted by atomic mass is 32.2. The van der Waals surface area contributed by atoms with Gasteiger partial charge in [0.2, 0.25) is 0 Å². The van der Waals surface area contributed by atoms with Crippen LogP contribution in [0.1, 0.15) is 5.56 Å². The van der Waals surface area contributed by atoms with Gasteiger partial charge in [-0.15, -0.1) is 0 Å². The number of rotatable bonds is 1. The van der Waals surface area contributed by atoms with Crippen molar-refractivity contribution in [1.29, 1.82) is 0 Å². The lowest BCUT2D eigenvalue weighted by molar-refractivity contribution is 0.125. The van der Waals surface area contributed by atoms with Crippen LogP contribution in [-0.2, 0) is 9.29 Å². The first-order valence-electron chi connectivity index (χ1n) is 3.73. The summed E-state index contributed by atoms with van der Waals surface area (Å²) in [6, 6.07) is 7.55. The Labute approximate surface area is 78.2 Å². The minimum Gasteiger partial charge on any atom is -0.376 e. The van der Waals surface area contributed by atoms with Crippen molar-refractivity contribution in [3.05, 3.63) is 35.2 Å². The molecule has 2 rings (SSSR count). The topological polar surface area (TPSA) is 46.2 Å². The van der Waals surface area contributed by atoms with Gasteiger partial charge in [-0.2, -0.15) is 9.90 Å². The van der Waals surface area contributed by atoms with Crippen LogP contribution < -0.4 is 0 Å². The lowest BCUT2D eigenvalue weighted by atomic mass is 10.2. The molecule has 1 aliphatic rings. The molecule has 0 saturated carbocycles. The van der Waals surface area contributed by atoms with Crippen molar-refractivity contribution in [2.24, 2.45) is 0 Å². The predicted molar refractivity (Wildman–Crippen MR) is 49.9 cm³/mol. The Morgan fingerprint density at radius 3 is 2.85 bits per heavy atom. The van der Waals surface area contributed by atoms with E-state index in [9.17, 15) is 9.90 Å². The zero-order chi connectivity index (χ0) is 9.26. The van der Waals surface area contributed by atoms with Gasteiger partial charge in [0.05, 0.1) is 0 Å². The molecule has 1 atom stereocenters. The van der Waals surface area contributed by atoms with Crippen LogP contribution in [0.4, 0.5) is 4.79 Å². The molecular weight excluding hydrogens is 188 g/mol. The molecule has 0 aromatic heterocycles. The second kappa shape index (κ2) is 3.14. The van der Waals surface area contributed by atoms with Crippen molar-refractivity contribution in [3.8, 4) is 0 Å². The lowest BCUT2D eigenvalue weighted by Gasteiger charge is -2.11. The molecule has 0 aliphatic carbocycles. The third kappa shape index (κ3) is 1.53. The standard InChI is InChI=1S/C9H7O3S/c10-9(11)12-13-6-5-7-3-1-2-4-8(7)13/h1-6,13H. The number of fused-ring (bicyclic) bond motifs is 1. The van der Waals surface area contributed by atoms with Crippen LogP contribution in [0.15, 0.2) is 34.6 Å². The predicted octanol–water partition coefficient (Wildman–Crippen LogP) is 2.51. The Balaban J connectivity index is 2.28. The van der Waals surface area contributed by atoms with E-state index in [1.807, 2.05) is 30.3 Å². The van der Waals surface area contributed by atoms with Gasteiger partial charge in [0, 0.05) is 4.90 Å². The number of benzene rings is 1. The molecule has 13 heavy (non-hydrogen) atoms. The fourth-order valence-electron chi connectivity index (χ4n) is 1.22. The molecule has 3 nitrogen and oxygen atoms in total. The Kier molecular flexibility index (Phi) is 1.98. The molecule has 0 bridgehead atoms. The maximum atomic E-state index is 10.2. The normalized spacial score (nSPS) is 21.1. The first kappa shape index (κ1) is 8.19. The van der Waals surface area contributed by atoms with Gasteiger partial charge in [-0.05, 0) is 34.3 Å². The fourth-order valence-corrected chi connectivity index (χ4v) is 2.63. The van der Waals surface area contributed by atoms with Crippen molar-refractivity contribution >= 4 is 23.4 Å². The van der Waals surface area contributed by atoms with Crippen molar-refractivity contribution in [1.82, 2.24) is 0 Å². The van der Waals surface area contributed by atoms with Crippen molar-refractivity contribution < 1.29 is 14.1 Å². The highest BCUT2D eigenvalue weighted by molar-refractivity contribution is 8.16. The number of hydrogen-bond donors (Lipinski definition) is 1. The number of carbonyl (C=O) groups is 1. The smallest absolute Gasteiger partial charge is 0.376 e. The largest absolute Gasteiger partial charge is 0.561 e. The van der Waals surface area contributed by atoms with E-state index >= 15 is 0 Å². The van der Waals surface area contributed by atoms with Gasteiger partial charge in [0.25, 0.3) is 0 Å². The molecule has 0 amide bonds. The summed E-state index contributed by atoms with van der Waals surface area (Å²) in [6.45, 7) is 0. The first-order valence-corrected chi connectivity index (χ1v) is 5.05. The summed E-state index contributed by atoms with van der Waals surface area (Å²) in [7, 11) is 0. The maximum Gasteiger partial charge on any atom is 0.561 e. The number of carbonyl (C=O) groups excluding carboxylic acids is 1. The third-order valence-corrected chi connectivity index (χ3v) is 3.38. The number of hydrogen-bond acceptors (Lipinski definition) is 2. The molecule has 0 saturated heterocycles. The Morgan fingerprint density at radius 2 is 2.08 bits per heavy atom.